The summed E-state index contributed by atoms with van der Waals surface area (Å²) in [5.74, 6) is 1.00. The van der Waals surface area contributed by atoms with Crippen molar-refractivity contribution in [1.29, 1.82) is 0 Å². The Labute approximate surface area is 101 Å². The highest BCUT2D eigenvalue weighted by Gasteiger charge is 2.17. The van der Waals surface area contributed by atoms with Crippen LogP contribution in [0, 0.1) is 0 Å². The quantitative estimate of drug-likeness (QED) is 0.845. The maximum atomic E-state index is 4.43. The lowest BCUT2D eigenvalue weighted by atomic mass is 10.1. The van der Waals surface area contributed by atoms with Crippen LogP contribution in [-0.4, -0.2) is 26.6 Å². The number of rotatable bonds is 5. The fraction of sp³-hybridized carbons (Fsp3) is 0.417. The molecule has 2 aromatic rings. The minimum atomic E-state index is 0.0396. The number of nitrogens with one attached hydrogen (secondary N) is 1. The van der Waals surface area contributed by atoms with E-state index in [-0.39, 0.29) is 6.04 Å². The van der Waals surface area contributed by atoms with Crippen molar-refractivity contribution in [2.75, 3.05) is 7.05 Å². The smallest absolute Gasteiger partial charge is 0.130 e. The van der Waals surface area contributed by atoms with E-state index in [2.05, 4.69) is 31.8 Å². The van der Waals surface area contributed by atoms with Gasteiger partial charge in [-0.3, -0.25) is 0 Å². The van der Waals surface area contributed by atoms with Crippen LogP contribution in [0.4, 0.5) is 0 Å². The minimum absolute atomic E-state index is 0.0396. The van der Waals surface area contributed by atoms with Crippen molar-refractivity contribution in [3.63, 3.8) is 0 Å². The molecule has 1 N–H and O–H groups in total. The predicted octanol–water partition coefficient (Wildman–Crippen LogP) is 1.39. The third-order valence-corrected chi connectivity index (χ3v) is 2.67. The van der Waals surface area contributed by atoms with Crippen LogP contribution in [0.1, 0.15) is 30.8 Å². The first-order valence-corrected chi connectivity index (χ1v) is 5.80. The summed E-state index contributed by atoms with van der Waals surface area (Å²) >= 11 is 0. The van der Waals surface area contributed by atoms with Crippen molar-refractivity contribution in [3.05, 3.63) is 42.5 Å². The molecule has 0 aromatic carbocycles. The van der Waals surface area contributed by atoms with E-state index in [0.717, 1.165) is 24.4 Å². The lowest BCUT2D eigenvalue weighted by Crippen LogP contribution is -2.22. The van der Waals surface area contributed by atoms with E-state index in [4.69, 9.17) is 0 Å². The summed E-state index contributed by atoms with van der Waals surface area (Å²) in [5.41, 5.74) is 1.03. The molecule has 0 radical (unpaired) electrons. The summed E-state index contributed by atoms with van der Waals surface area (Å²) in [4.78, 5) is 12.5. The average molecular weight is 231 g/mol. The van der Waals surface area contributed by atoms with Crippen LogP contribution in [0.2, 0.25) is 0 Å². The van der Waals surface area contributed by atoms with Crippen LogP contribution in [0.15, 0.2) is 31.1 Å². The van der Waals surface area contributed by atoms with Crippen LogP contribution < -0.4 is 5.32 Å². The predicted molar refractivity (Wildman–Crippen MR) is 65.5 cm³/mol. The molecule has 2 aromatic heterocycles. The Balaban J connectivity index is 2.32. The fourth-order valence-electron chi connectivity index (χ4n) is 1.92. The molecular formula is C12H17N5. The average Bonchev–Trinajstić information content (AvgIpc) is 2.81. The molecule has 17 heavy (non-hydrogen) atoms. The van der Waals surface area contributed by atoms with Gasteiger partial charge in [0.05, 0.1) is 6.04 Å². The van der Waals surface area contributed by atoms with E-state index >= 15 is 0 Å². The Morgan fingerprint density at radius 3 is 2.76 bits per heavy atom. The maximum Gasteiger partial charge on any atom is 0.130 e. The van der Waals surface area contributed by atoms with Gasteiger partial charge in [-0.25, -0.2) is 15.0 Å². The molecule has 0 fully saturated rings. The summed E-state index contributed by atoms with van der Waals surface area (Å²) in [6.07, 6.45) is 10.1. The summed E-state index contributed by atoms with van der Waals surface area (Å²) in [6.45, 7) is 3.13. The molecule has 90 valence electrons. The topological polar surface area (TPSA) is 55.6 Å². The van der Waals surface area contributed by atoms with E-state index in [1.807, 2.05) is 31.8 Å². The number of hydrogen-bond donors (Lipinski definition) is 1. The third-order valence-electron chi connectivity index (χ3n) is 2.67. The van der Waals surface area contributed by atoms with Gasteiger partial charge in [-0.15, -0.1) is 0 Å². The van der Waals surface area contributed by atoms with Gasteiger partial charge in [0.15, 0.2) is 0 Å². The molecule has 2 rings (SSSR count). The van der Waals surface area contributed by atoms with E-state index in [1.54, 1.807) is 0 Å². The molecule has 2 heterocycles. The largest absolute Gasteiger partial charge is 0.333 e. The Morgan fingerprint density at radius 2 is 2.12 bits per heavy atom. The SMILES string of the molecule is CCCn1ccnc1C(NC)c1cncnc1. The monoisotopic (exact) mass is 231 g/mol. The highest BCUT2D eigenvalue weighted by Crippen LogP contribution is 2.18. The van der Waals surface area contributed by atoms with Gasteiger partial charge in [-0.1, -0.05) is 6.92 Å². The zero-order valence-corrected chi connectivity index (χ0v) is 10.2. The van der Waals surface area contributed by atoms with Crippen LogP contribution in [0.3, 0.4) is 0 Å². The molecule has 0 aliphatic rings. The Morgan fingerprint density at radius 1 is 1.35 bits per heavy atom. The molecule has 0 aliphatic carbocycles. The van der Waals surface area contributed by atoms with E-state index < -0.39 is 0 Å². The summed E-state index contributed by atoms with van der Waals surface area (Å²) < 4.78 is 2.16. The van der Waals surface area contributed by atoms with Crippen molar-refractivity contribution in [3.8, 4) is 0 Å². The molecule has 0 spiro atoms. The van der Waals surface area contributed by atoms with Gasteiger partial charge in [-0.2, -0.15) is 0 Å². The summed E-state index contributed by atoms with van der Waals surface area (Å²) in [6, 6.07) is 0.0396. The van der Waals surface area contributed by atoms with Crippen molar-refractivity contribution in [2.45, 2.75) is 25.9 Å². The molecule has 0 amide bonds. The van der Waals surface area contributed by atoms with Gasteiger partial charge in [-0.05, 0) is 13.5 Å². The van der Waals surface area contributed by atoms with Crippen molar-refractivity contribution >= 4 is 0 Å². The van der Waals surface area contributed by atoms with Crippen molar-refractivity contribution in [2.24, 2.45) is 0 Å². The summed E-state index contributed by atoms with van der Waals surface area (Å²) in [7, 11) is 1.92. The molecule has 5 nitrogen and oxygen atoms in total. The van der Waals surface area contributed by atoms with Crippen molar-refractivity contribution in [1.82, 2.24) is 24.8 Å². The van der Waals surface area contributed by atoms with Crippen LogP contribution in [0.25, 0.3) is 0 Å². The molecule has 0 saturated carbocycles. The van der Waals surface area contributed by atoms with E-state index in [1.165, 1.54) is 6.33 Å². The van der Waals surface area contributed by atoms with Gasteiger partial charge < -0.3 is 9.88 Å². The lowest BCUT2D eigenvalue weighted by Gasteiger charge is -2.17. The first-order valence-electron chi connectivity index (χ1n) is 5.80. The second-order valence-electron chi connectivity index (χ2n) is 3.87. The number of aryl methyl sites for hydroxylation is 1. The second kappa shape index (κ2) is 5.54. The first-order chi connectivity index (χ1) is 8.36. The Bertz CT molecular complexity index is 451. The first kappa shape index (κ1) is 11.7. The van der Waals surface area contributed by atoms with Gasteiger partial charge in [0, 0.05) is 36.9 Å². The van der Waals surface area contributed by atoms with E-state index in [0.29, 0.717) is 0 Å². The van der Waals surface area contributed by atoms with Crippen LogP contribution in [-0.2, 0) is 6.54 Å². The second-order valence-corrected chi connectivity index (χ2v) is 3.87. The van der Waals surface area contributed by atoms with Gasteiger partial charge >= 0.3 is 0 Å². The molecule has 5 heteroatoms. The van der Waals surface area contributed by atoms with Gasteiger partial charge in [0.25, 0.3) is 0 Å². The molecular weight excluding hydrogens is 214 g/mol. The highest BCUT2D eigenvalue weighted by atomic mass is 15.1. The molecule has 1 atom stereocenters. The molecule has 0 aliphatic heterocycles. The Kier molecular flexibility index (Phi) is 3.82. The number of aromatic nitrogens is 4. The highest BCUT2D eigenvalue weighted by molar-refractivity contribution is 5.19. The molecule has 0 bridgehead atoms. The normalized spacial score (nSPS) is 12.6. The van der Waals surface area contributed by atoms with Gasteiger partial charge in [0.2, 0.25) is 0 Å². The van der Waals surface area contributed by atoms with E-state index in [9.17, 15) is 0 Å². The zero-order valence-electron chi connectivity index (χ0n) is 10.2. The number of hydrogen-bond acceptors (Lipinski definition) is 4. The standard InChI is InChI=1S/C12H17N5/c1-3-5-17-6-4-16-12(17)11(13-2)10-7-14-9-15-8-10/h4,6-9,11,13H,3,5H2,1-2H3. The Hall–Kier alpha value is -1.75. The molecule has 1 unspecified atom stereocenters. The molecule has 0 saturated heterocycles. The maximum absolute atomic E-state index is 4.43. The fourth-order valence-corrected chi connectivity index (χ4v) is 1.92. The zero-order chi connectivity index (χ0) is 12.1. The third kappa shape index (κ3) is 2.50. The van der Waals surface area contributed by atoms with Crippen LogP contribution >= 0.6 is 0 Å². The van der Waals surface area contributed by atoms with Crippen molar-refractivity contribution < 1.29 is 0 Å². The number of nitrogens with zero attached hydrogens (tertiary/aromatic N) is 4. The lowest BCUT2D eigenvalue weighted by molar-refractivity contribution is 0.565. The summed E-state index contributed by atoms with van der Waals surface area (Å²) in [5, 5.41) is 3.26. The minimum Gasteiger partial charge on any atom is -0.333 e. The number of imidazole rings is 1. The van der Waals surface area contributed by atoms with Gasteiger partial charge in [0.1, 0.15) is 12.2 Å². The van der Waals surface area contributed by atoms with Crippen LogP contribution in [0.5, 0.6) is 0 Å².